The molecule has 1 aromatic carbocycles. The number of fused-ring (bicyclic) bond motifs is 1. The Morgan fingerprint density at radius 1 is 1.41 bits per heavy atom. The first-order chi connectivity index (χ1) is 10.4. The molecule has 2 aromatic rings. The first-order valence-corrected chi connectivity index (χ1v) is 8.55. The molecule has 3 rings (SSSR count). The van der Waals surface area contributed by atoms with Crippen LogP contribution in [0.5, 0.6) is 0 Å². The summed E-state index contributed by atoms with van der Waals surface area (Å²) in [6.07, 6.45) is 1.02. The highest BCUT2D eigenvalue weighted by atomic mass is 32.2. The van der Waals surface area contributed by atoms with Gasteiger partial charge in [-0.05, 0) is 31.0 Å². The number of nitrogens with zero attached hydrogens (tertiary/aromatic N) is 1. The summed E-state index contributed by atoms with van der Waals surface area (Å²) in [6.45, 7) is 0.526. The standard InChI is InChI=1S/C14H16FN3O3S/c15-11-4-1-5-12-10(11)7-13(17-12)14(19)18-6-2-3-9(8-18)22(16,20)21/h1,4-5,7,9,17H,2-3,6,8H2,(H2,16,20,21). The van der Waals surface area contributed by atoms with E-state index in [2.05, 4.69) is 4.98 Å². The lowest BCUT2D eigenvalue weighted by atomic mass is 10.1. The Labute approximate surface area is 127 Å². The number of likely N-dealkylation sites (tertiary alicyclic amines) is 1. The summed E-state index contributed by atoms with van der Waals surface area (Å²) in [5.74, 6) is -0.752. The van der Waals surface area contributed by atoms with Gasteiger partial charge in [0.15, 0.2) is 0 Å². The van der Waals surface area contributed by atoms with Crippen molar-refractivity contribution >= 4 is 26.8 Å². The minimum absolute atomic E-state index is 0.0650. The molecule has 1 amide bonds. The van der Waals surface area contributed by atoms with Gasteiger partial charge in [0, 0.05) is 24.0 Å². The van der Waals surface area contributed by atoms with Gasteiger partial charge in [-0.2, -0.15) is 0 Å². The Kier molecular flexibility index (Phi) is 3.65. The first-order valence-electron chi connectivity index (χ1n) is 6.94. The van der Waals surface area contributed by atoms with Crippen molar-refractivity contribution in [1.29, 1.82) is 0 Å². The molecule has 1 aromatic heterocycles. The van der Waals surface area contributed by atoms with Gasteiger partial charge in [-0.25, -0.2) is 17.9 Å². The number of hydrogen-bond acceptors (Lipinski definition) is 3. The zero-order valence-electron chi connectivity index (χ0n) is 11.8. The third-order valence-corrected chi connectivity index (χ3v) is 5.29. The number of aromatic amines is 1. The largest absolute Gasteiger partial charge is 0.350 e. The Bertz CT molecular complexity index is 831. The number of rotatable bonds is 2. The highest BCUT2D eigenvalue weighted by Gasteiger charge is 2.31. The van der Waals surface area contributed by atoms with Crippen LogP contribution in [0.1, 0.15) is 23.3 Å². The lowest BCUT2D eigenvalue weighted by Gasteiger charge is -2.31. The van der Waals surface area contributed by atoms with Crippen molar-refractivity contribution in [2.45, 2.75) is 18.1 Å². The molecule has 8 heteroatoms. The van der Waals surface area contributed by atoms with Crippen molar-refractivity contribution < 1.29 is 17.6 Å². The first kappa shape index (κ1) is 15.0. The van der Waals surface area contributed by atoms with Crippen LogP contribution in [0.25, 0.3) is 10.9 Å². The predicted molar refractivity (Wildman–Crippen MR) is 80.3 cm³/mol. The smallest absolute Gasteiger partial charge is 0.270 e. The maximum atomic E-state index is 13.7. The highest BCUT2D eigenvalue weighted by Crippen LogP contribution is 2.22. The number of carbonyl (C=O) groups is 1. The molecule has 1 atom stereocenters. The van der Waals surface area contributed by atoms with Gasteiger partial charge in [0.05, 0.1) is 5.25 Å². The molecule has 1 unspecified atom stereocenters. The van der Waals surface area contributed by atoms with Gasteiger partial charge in [-0.3, -0.25) is 4.79 Å². The molecule has 1 aliphatic rings. The molecular formula is C14H16FN3O3S. The van der Waals surface area contributed by atoms with E-state index in [-0.39, 0.29) is 18.1 Å². The van der Waals surface area contributed by atoms with Crippen molar-refractivity contribution in [1.82, 2.24) is 9.88 Å². The molecule has 118 valence electrons. The van der Waals surface area contributed by atoms with E-state index in [1.165, 1.54) is 17.0 Å². The summed E-state index contributed by atoms with van der Waals surface area (Å²) in [6, 6.07) is 6.01. The minimum atomic E-state index is -3.67. The van der Waals surface area contributed by atoms with Crippen molar-refractivity contribution in [3.8, 4) is 0 Å². The van der Waals surface area contributed by atoms with Crippen molar-refractivity contribution in [3.63, 3.8) is 0 Å². The second kappa shape index (κ2) is 5.36. The van der Waals surface area contributed by atoms with E-state index in [1.54, 1.807) is 12.1 Å². The van der Waals surface area contributed by atoms with Crippen molar-refractivity contribution in [3.05, 3.63) is 35.8 Å². The van der Waals surface area contributed by atoms with E-state index in [0.29, 0.717) is 30.3 Å². The summed E-state index contributed by atoms with van der Waals surface area (Å²) in [7, 11) is -3.67. The normalized spacial score (nSPS) is 19.5. The Hall–Kier alpha value is -1.93. The number of sulfonamides is 1. The number of H-pyrrole nitrogens is 1. The number of nitrogens with one attached hydrogen (secondary N) is 1. The molecule has 2 heterocycles. The molecule has 3 N–H and O–H groups in total. The molecule has 1 aliphatic heterocycles. The van der Waals surface area contributed by atoms with Gasteiger partial charge in [0.25, 0.3) is 5.91 Å². The minimum Gasteiger partial charge on any atom is -0.350 e. The second-order valence-corrected chi connectivity index (χ2v) is 7.33. The quantitative estimate of drug-likeness (QED) is 0.868. The van der Waals surface area contributed by atoms with Crippen LogP contribution in [-0.2, 0) is 10.0 Å². The number of nitrogens with two attached hydrogens (primary N) is 1. The molecule has 0 aliphatic carbocycles. The maximum absolute atomic E-state index is 13.7. The van der Waals surface area contributed by atoms with Crippen LogP contribution in [0.2, 0.25) is 0 Å². The van der Waals surface area contributed by atoms with Crippen LogP contribution >= 0.6 is 0 Å². The Morgan fingerprint density at radius 3 is 2.86 bits per heavy atom. The number of hydrogen-bond donors (Lipinski definition) is 2. The van der Waals surface area contributed by atoms with E-state index >= 15 is 0 Å². The molecule has 0 spiro atoms. The number of halogens is 1. The summed E-state index contributed by atoms with van der Waals surface area (Å²) in [5.41, 5.74) is 0.776. The molecule has 6 nitrogen and oxygen atoms in total. The monoisotopic (exact) mass is 325 g/mol. The van der Waals surface area contributed by atoms with Gasteiger partial charge < -0.3 is 9.88 Å². The molecule has 1 saturated heterocycles. The summed E-state index contributed by atoms with van der Waals surface area (Å²) in [4.78, 5) is 16.8. The van der Waals surface area contributed by atoms with Gasteiger partial charge in [0.1, 0.15) is 11.5 Å². The predicted octanol–water partition coefficient (Wildman–Crippen LogP) is 1.20. The van der Waals surface area contributed by atoms with Gasteiger partial charge in [0.2, 0.25) is 10.0 Å². The fraction of sp³-hybridized carbons (Fsp3) is 0.357. The number of aromatic nitrogens is 1. The van der Waals surface area contributed by atoms with Crippen LogP contribution in [0.3, 0.4) is 0 Å². The SMILES string of the molecule is NS(=O)(=O)C1CCCN(C(=O)c2cc3c(F)cccc3[nH]2)C1. The number of benzene rings is 1. The zero-order chi connectivity index (χ0) is 15.9. The fourth-order valence-corrected chi connectivity index (χ4v) is 3.68. The maximum Gasteiger partial charge on any atom is 0.270 e. The molecule has 1 fully saturated rings. The molecule has 0 bridgehead atoms. The topological polar surface area (TPSA) is 96.3 Å². The van der Waals surface area contributed by atoms with E-state index in [1.807, 2.05) is 0 Å². The van der Waals surface area contributed by atoms with E-state index in [4.69, 9.17) is 5.14 Å². The van der Waals surface area contributed by atoms with Crippen molar-refractivity contribution in [2.24, 2.45) is 5.14 Å². The summed E-state index contributed by atoms with van der Waals surface area (Å²) >= 11 is 0. The average Bonchev–Trinajstić information content (AvgIpc) is 2.91. The van der Waals surface area contributed by atoms with E-state index in [9.17, 15) is 17.6 Å². The van der Waals surface area contributed by atoms with Gasteiger partial charge in [-0.1, -0.05) is 6.07 Å². The van der Waals surface area contributed by atoms with Gasteiger partial charge in [-0.15, -0.1) is 0 Å². The lowest BCUT2D eigenvalue weighted by Crippen LogP contribution is -2.47. The van der Waals surface area contributed by atoms with Crippen LogP contribution < -0.4 is 5.14 Å². The number of amides is 1. The second-order valence-electron chi connectivity index (χ2n) is 5.49. The number of carbonyl (C=O) groups excluding carboxylic acids is 1. The average molecular weight is 325 g/mol. The van der Waals surface area contributed by atoms with Crippen LogP contribution in [0, 0.1) is 5.82 Å². The van der Waals surface area contributed by atoms with E-state index < -0.39 is 21.1 Å². The Balaban J connectivity index is 1.87. The fourth-order valence-electron chi connectivity index (χ4n) is 2.79. The highest BCUT2D eigenvalue weighted by molar-refractivity contribution is 7.89. The lowest BCUT2D eigenvalue weighted by molar-refractivity contribution is 0.0722. The van der Waals surface area contributed by atoms with Crippen LogP contribution in [0.4, 0.5) is 4.39 Å². The van der Waals surface area contributed by atoms with Crippen LogP contribution in [-0.4, -0.2) is 42.5 Å². The third-order valence-electron chi connectivity index (χ3n) is 3.97. The Morgan fingerprint density at radius 2 is 2.18 bits per heavy atom. The number of primary sulfonamides is 1. The van der Waals surface area contributed by atoms with Crippen molar-refractivity contribution in [2.75, 3.05) is 13.1 Å². The molecule has 0 radical (unpaired) electrons. The molecule has 22 heavy (non-hydrogen) atoms. The van der Waals surface area contributed by atoms with Crippen LogP contribution in [0.15, 0.2) is 24.3 Å². The molecule has 0 saturated carbocycles. The molecular weight excluding hydrogens is 309 g/mol. The van der Waals surface area contributed by atoms with E-state index in [0.717, 1.165) is 0 Å². The summed E-state index contributed by atoms with van der Waals surface area (Å²) in [5, 5.41) is 4.76. The zero-order valence-corrected chi connectivity index (χ0v) is 12.6. The number of piperidine rings is 1. The summed E-state index contributed by atoms with van der Waals surface area (Å²) < 4.78 is 36.6. The van der Waals surface area contributed by atoms with Gasteiger partial charge >= 0.3 is 0 Å². The third kappa shape index (κ3) is 2.71.